The van der Waals surface area contributed by atoms with E-state index in [1.165, 1.54) is 0 Å². The molecule has 1 heterocycles. The Morgan fingerprint density at radius 1 is 1.12 bits per heavy atom. The van der Waals surface area contributed by atoms with Gasteiger partial charge in [0.05, 0.1) is 17.9 Å². The predicted octanol–water partition coefficient (Wildman–Crippen LogP) is 1.11. The highest BCUT2D eigenvalue weighted by molar-refractivity contribution is 7.85. The van der Waals surface area contributed by atoms with Crippen LogP contribution >= 0.6 is 0 Å². The van der Waals surface area contributed by atoms with Crippen molar-refractivity contribution in [2.45, 2.75) is 13.3 Å². The first-order valence-electron chi connectivity index (χ1n) is 7.65. The van der Waals surface area contributed by atoms with Gasteiger partial charge in [0.15, 0.2) is 0 Å². The Bertz CT molecular complexity index is 882. The van der Waals surface area contributed by atoms with Gasteiger partial charge in [0.25, 0.3) is 10.1 Å². The molecule has 1 amide bonds. The summed E-state index contributed by atoms with van der Waals surface area (Å²) in [6, 6.07) is 10.6. The fourth-order valence-corrected chi connectivity index (χ4v) is 2.72. The minimum absolute atomic E-state index is 0.00313. The molecule has 1 aromatic carbocycles. The summed E-state index contributed by atoms with van der Waals surface area (Å²) in [5.41, 5.74) is 2.71. The largest absolute Gasteiger partial charge is 0.355 e. The summed E-state index contributed by atoms with van der Waals surface area (Å²) in [4.78, 5) is 24.4. The summed E-state index contributed by atoms with van der Waals surface area (Å²) in [5, 5.41) is 2.41. The molecule has 8 heteroatoms. The van der Waals surface area contributed by atoms with Crippen molar-refractivity contribution in [3.05, 3.63) is 58.9 Å². The van der Waals surface area contributed by atoms with Gasteiger partial charge >= 0.3 is 0 Å². The number of nitrogens with zero attached hydrogens (tertiary/aromatic N) is 1. The number of ketones is 1. The first kappa shape index (κ1) is 18.9. The maximum Gasteiger partial charge on any atom is 0.266 e. The molecule has 7 nitrogen and oxygen atoms in total. The van der Waals surface area contributed by atoms with Crippen molar-refractivity contribution in [1.82, 2.24) is 9.88 Å². The molecule has 0 aliphatic carbocycles. The second-order valence-electron chi connectivity index (χ2n) is 5.78. The Kier molecular flexibility index (Phi) is 5.76. The summed E-state index contributed by atoms with van der Waals surface area (Å²) in [6.45, 7) is 1.77. The fourth-order valence-electron chi connectivity index (χ4n) is 2.36. The van der Waals surface area contributed by atoms with Crippen LogP contribution in [0.5, 0.6) is 0 Å². The maximum atomic E-state index is 12.5. The smallest absolute Gasteiger partial charge is 0.266 e. The van der Waals surface area contributed by atoms with Crippen molar-refractivity contribution in [3.8, 4) is 0 Å². The second kappa shape index (κ2) is 7.62. The van der Waals surface area contributed by atoms with Crippen molar-refractivity contribution in [3.63, 3.8) is 0 Å². The molecule has 0 radical (unpaired) electrons. The van der Waals surface area contributed by atoms with Gasteiger partial charge in [0, 0.05) is 24.8 Å². The number of carbonyl (C=O) groups excluding carboxylic acids is 2. The molecule has 0 unspecified atom stereocenters. The third-order valence-electron chi connectivity index (χ3n) is 3.80. The molecule has 1 aromatic heterocycles. The van der Waals surface area contributed by atoms with E-state index in [0.29, 0.717) is 17.0 Å². The molecular formula is C17H20N2O5S. The number of rotatable bonds is 7. The van der Waals surface area contributed by atoms with Crippen LogP contribution in [0.25, 0.3) is 0 Å². The molecule has 0 bridgehead atoms. The lowest BCUT2D eigenvalue weighted by Gasteiger charge is -2.08. The molecule has 0 spiro atoms. The number of benzene rings is 1. The molecule has 2 aromatic rings. The van der Waals surface area contributed by atoms with Crippen LogP contribution in [0.4, 0.5) is 0 Å². The lowest BCUT2D eigenvalue weighted by Crippen LogP contribution is -2.30. The number of carbonyl (C=O) groups is 2. The summed E-state index contributed by atoms with van der Waals surface area (Å²) in [5.74, 6) is -1.07. The third-order valence-corrected chi connectivity index (χ3v) is 4.52. The van der Waals surface area contributed by atoms with Crippen LogP contribution in [-0.2, 0) is 28.4 Å². The first-order valence-corrected chi connectivity index (χ1v) is 9.26. The van der Waals surface area contributed by atoms with E-state index in [-0.39, 0.29) is 24.7 Å². The highest BCUT2D eigenvalue weighted by Crippen LogP contribution is 2.14. The molecule has 134 valence electrons. The minimum Gasteiger partial charge on any atom is -0.355 e. The van der Waals surface area contributed by atoms with Crippen LogP contribution in [0.3, 0.4) is 0 Å². The minimum atomic E-state index is -4.11. The molecule has 0 saturated carbocycles. The fraction of sp³-hybridized carbons (Fsp3) is 0.294. The zero-order chi connectivity index (χ0) is 18.6. The predicted molar refractivity (Wildman–Crippen MR) is 93.2 cm³/mol. The van der Waals surface area contributed by atoms with Gasteiger partial charge in [-0.15, -0.1) is 0 Å². The Balaban J connectivity index is 2.04. The van der Waals surface area contributed by atoms with Crippen LogP contribution < -0.4 is 5.32 Å². The van der Waals surface area contributed by atoms with Crippen molar-refractivity contribution in [2.24, 2.45) is 7.05 Å². The van der Waals surface area contributed by atoms with E-state index in [1.807, 2.05) is 19.1 Å². The average Bonchev–Trinajstić information content (AvgIpc) is 2.87. The molecule has 2 rings (SSSR count). The zero-order valence-electron chi connectivity index (χ0n) is 14.0. The monoisotopic (exact) mass is 364 g/mol. The van der Waals surface area contributed by atoms with Crippen molar-refractivity contribution >= 4 is 21.8 Å². The summed E-state index contributed by atoms with van der Waals surface area (Å²) in [6.07, 6.45) is 0.00313. The van der Waals surface area contributed by atoms with Gasteiger partial charge in [-0.3, -0.25) is 14.1 Å². The number of hydrogen-bond acceptors (Lipinski definition) is 4. The molecule has 0 atom stereocenters. The lowest BCUT2D eigenvalue weighted by atomic mass is 10.1. The average molecular weight is 364 g/mol. The number of hydrogen-bond donors (Lipinski definition) is 2. The van der Waals surface area contributed by atoms with Gasteiger partial charge in [0.2, 0.25) is 11.7 Å². The topological polar surface area (TPSA) is 105 Å². The van der Waals surface area contributed by atoms with Crippen LogP contribution in [0, 0.1) is 6.92 Å². The number of nitrogens with one attached hydrogen (secondary N) is 1. The van der Waals surface area contributed by atoms with Crippen LogP contribution in [0.2, 0.25) is 0 Å². The van der Waals surface area contributed by atoms with E-state index in [1.54, 1.807) is 35.9 Å². The standard InChI is InChI=1S/C17H20N2O5S/c1-12-3-5-13(6-4-12)17(21)15-8-7-14(19(15)2)11-16(20)18-9-10-25(22,23)24/h3-8H,9-11H2,1-2H3,(H,18,20)(H,22,23,24). The lowest BCUT2D eigenvalue weighted by molar-refractivity contribution is -0.120. The SMILES string of the molecule is Cc1ccc(C(=O)c2ccc(CC(=O)NCCS(=O)(=O)O)n2C)cc1. The van der Waals surface area contributed by atoms with Crippen LogP contribution in [0.15, 0.2) is 36.4 Å². The van der Waals surface area contributed by atoms with E-state index in [2.05, 4.69) is 5.32 Å². The first-order chi connectivity index (χ1) is 11.7. The molecule has 25 heavy (non-hydrogen) atoms. The second-order valence-corrected chi connectivity index (χ2v) is 7.35. The molecular weight excluding hydrogens is 344 g/mol. The third kappa shape index (κ3) is 5.27. The number of aryl methyl sites for hydroxylation is 1. The van der Waals surface area contributed by atoms with Crippen molar-refractivity contribution in [2.75, 3.05) is 12.3 Å². The van der Waals surface area contributed by atoms with Gasteiger partial charge in [0.1, 0.15) is 0 Å². The normalized spacial score (nSPS) is 11.3. The molecule has 0 aliphatic rings. The quantitative estimate of drug-likeness (QED) is 0.566. The van der Waals surface area contributed by atoms with E-state index >= 15 is 0 Å². The Morgan fingerprint density at radius 2 is 1.76 bits per heavy atom. The Labute approximate surface area is 146 Å². The molecule has 0 saturated heterocycles. The zero-order valence-corrected chi connectivity index (χ0v) is 14.8. The van der Waals surface area contributed by atoms with Gasteiger partial charge in [-0.1, -0.05) is 29.8 Å². The number of aromatic nitrogens is 1. The van der Waals surface area contributed by atoms with E-state index in [9.17, 15) is 18.0 Å². The highest BCUT2D eigenvalue weighted by atomic mass is 32.2. The number of amides is 1. The summed E-state index contributed by atoms with van der Waals surface area (Å²) < 4.78 is 31.5. The van der Waals surface area contributed by atoms with Gasteiger partial charge in [-0.05, 0) is 19.1 Å². The molecule has 0 fully saturated rings. The van der Waals surface area contributed by atoms with Gasteiger partial charge < -0.3 is 9.88 Å². The van der Waals surface area contributed by atoms with Crippen LogP contribution in [0.1, 0.15) is 27.3 Å². The van der Waals surface area contributed by atoms with E-state index in [4.69, 9.17) is 4.55 Å². The van der Waals surface area contributed by atoms with E-state index < -0.39 is 15.9 Å². The molecule has 0 aliphatic heterocycles. The Morgan fingerprint density at radius 3 is 2.36 bits per heavy atom. The highest BCUT2D eigenvalue weighted by Gasteiger charge is 2.16. The van der Waals surface area contributed by atoms with Gasteiger partial charge in [-0.25, -0.2) is 0 Å². The van der Waals surface area contributed by atoms with Gasteiger partial charge in [-0.2, -0.15) is 8.42 Å². The summed E-state index contributed by atoms with van der Waals surface area (Å²) >= 11 is 0. The van der Waals surface area contributed by atoms with E-state index in [0.717, 1.165) is 5.56 Å². The Hall–Kier alpha value is -2.45. The maximum absolute atomic E-state index is 12.5. The molecule has 2 N–H and O–H groups in total. The van der Waals surface area contributed by atoms with Crippen molar-refractivity contribution < 1.29 is 22.6 Å². The summed E-state index contributed by atoms with van der Waals surface area (Å²) in [7, 11) is -2.41. The van der Waals surface area contributed by atoms with Crippen LogP contribution in [-0.4, -0.2) is 41.5 Å². The van der Waals surface area contributed by atoms with Crippen molar-refractivity contribution in [1.29, 1.82) is 0 Å².